The highest BCUT2D eigenvalue weighted by atomic mass is 16.6. The lowest BCUT2D eigenvalue weighted by atomic mass is 9.91. The minimum atomic E-state index is -0.877. The molecule has 1 fully saturated rings. The first-order chi connectivity index (χ1) is 26.1. The van der Waals surface area contributed by atoms with Crippen LogP contribution in [-0.4, -0.2) is 102 Å². The maximum atomic E-state index is 13.6. The van der Waals surface area contributed by atoms with Crippen molar-refractivity contribution in [3.63, 3.8) is 0 Å². The van der Waals surface area contributed by atoms with E-state index in [1.54, 1.807) is 83.1 Å². The van der Waals surface area contributed by atoms with Crippen LogP contribution >= 0.6 is 0 Å². The van der Waals surface area contributed by atoms with Gasteiger partial charge in [-0.25, -0.2) is 24.2 Å². The van der Waals surface area contributed by atoms with E-state index in [1.807, 2.05) is 0 Å². The van der Waals surface area contributed by atoms with Gasteiger partial charge in [0.1, 0.15) is 28.4 Å². The Morgan fingerprint density at radius 2 is 0.982 bits per heavy atom. The number of rotatable bonds is 15. The van der Waals surface area contributed by atoms with Crippen molar-refractivity contribution in [1.82, 2.24) is 31.9 Å². The lowest BCUT2D eigenvalue weighted by Crippen LogP contribution is -2.53. The average molecular weight is 813 g/mol. The van der Waals surface area contributed by atoms with Gasteiger partial charge >= 0.3 is 24.4 Å². The Labute approximate surface area is 339 Å². The van der Waals surface area contributed by atoms with Gasteiger partial charge < -0.3 is 45.9 Å². The molecule has 2 atom stereocenters. The Kier molecular flexibility index (Phi) is 20.6. The molecule has 0 heterocycles. The van der Waals surface area contributed by atoms with Crippen LogP contribution in [0.25, 0.3) is 0 Å². The van der Waals surface area contributed by atoms with Crippen LogP contribution in [0.3, 0.4) is 0 Å². The number of guanidine groups is 1. The standard InChI is InChI=1S/C39H72N8O10/c1-36(2,3)54-32(50)41-23-15-13-17-27(40)29(48)45-28(18-14-16-24-42-33(51)55-37(4,5)6)30(49)43-25-19-21-26(22-20-25)44-31(46-34(52)56-38(7,8)9)47-35(53)57-39(10,11)12/h25-28H,13-24,40H2,1-12H3,(H,41,50)(H,42,51)(H,43,49)(H,45,48)(H2,44,46,47,52,53)/t25?,26?,27-,28-/m0/s1. The van der Waals surface area contributed by atoms with Gasteiger partial charge in [-0.05, 0) is 147 Å². The van der Waals surface area contributed by atoms with Gasteiger partial charge in [-0.3, -0.25) is 20.2 Å². The number of nitrogens with one attached hydrogen (secondary N) is 6. The largest absolute Gasteiger partial charge is 0.444 e. The predicted octanol–water partition coefficient (Wildman–Crippen LogP) is 5.02. The average Bonchev–Trinajstić information content (AvgIpc) is 3.00. The molecule has 18 heteroatoms. The molecule has 1 aliphatic carbocycles. The van der Waals surface area contributed by atoms with E-state index in [0.717, 1.165) is 0 Å². The van der Waals surface area contributed by atoms with Crippen molar-refractivity contribution in [2.24, 2.45) is 10.7 Å². The van der Waals surface area contributed by atoms with Crippen molar-refractivity contribution < 1.29 is 47.7 Å². The number of alkyl carbamates (subject to hydrolysis) is 4. The van der Waals surface area contributed by atoms with Gasteiger partial charge in [-0.1, -0.05) is 0 Å². The molecule has 0 spiro atoms. The number of nitrogens with two attached hydrogens (primary N) is 1. The maximum Gasteiger partial charge on any atom is 0.414 e. The van der Waals surface area contributed by atoms with Gasteiger partial charge in [-0.15, -0.1) is 0 Å². The summed E-state index contributed by atoms with van der Waals surface area (Å²) in [6.07, 6.45) is 2.35. The van der Waals surface area contributed by atoms with Gasteiger partial charge in [0.15, 0.2) is 0 Å². The molecule has 8 N–H and O–H groups in total. The number of amides is 6. The van der Waals surface area contributed by atoms with Crippen LogP contribution in [0.15, 0.2) is 4.99 Å². The van der Waals surface area contributed by atoms with Gasteiger partial charge in [0.25, 0.3) is 0 Å². The molecule has 0 aliphatic heterocycles. The summed E-state index contributed by atoms with van der Waals surface area (Å²) in [5, 5.41) is 16.3. The van der Waals surface area contributed by atoms with Crippen LogP contribution in [0.5, 0.6) is 0 Å². The highest BCUT2D eigenvalue weighted by Gasteiger charge is 2.29. The fourth-order valence-corrected chi connectivity index (χ4v) is 5.38. The number of hydrogen-bond donors (Lipinski definition) is 7. The number of unbranched alkanes of at least 4 members (excludes halogenated alkanes) is 2. The molecule has 0 saturated heterocycles. The van der Waals surface area contributed by atoms with E-state index < -0.39 is 64.8 Å². The Hall–Kier alpha value is -4.35. The second kappa shape index (κ2) is 23.2. The summed E-state index contributed by atoms with van der Waals surface area (Å²) >= 11 is 0. The molecule has 328 valence electrons. The summed E-state index contributed by atoms with van der Waals surface area (Å²) in [6.45, 7) is 21.6. The molecule has 0 aromatic rings. The minimum Gasteiger partial charge on any atom is -0.444 e. The summed E-state index contributed by atoms with van der Waals surface area (Å²) in [6, 6.07) is -2.26. The number of ether oxygens (including phenoxy) is 4. The van der Waals surface area contributed by atoms with E-state index in [2.05, 4.69) is 36.9 Å². The van der Waals surface area contributed by atoms with Crippen molar-refractivity contribution >= 4 is 42.1 Å². The lowest BCUT2D eigenvalue weighted by Gasteiger charge is -2.30. The van der Waals surface area contributed by atoms with Gasteiger partial charge in [0.2, 0.25) is 17.8 Å². The van der Waals surface area contributed by atoms with E-state index in [-0.39, 0.29) is 24.0 Å². The molecular weight excluding hydrogens is 740 g/mol. The van der Waals surface area contributed by atoms with Crippen LogP contribution in [0, 0.1) is 0 Å². The van der Waals surface area contributed by atoms with Crippen molar-refractivity contribution in [2.45, 2.75) is 194 Å². The highest BCUT2D eigenvalue weighted by Crippen LogP contribution is 2.22. The normalized spacial score (nSPS) is 17.1. The second-order valence-corrected chi connectivity index (χ2v) is 18.3. The summed E-state index contributed by atoms with van der Waals surface area (Å²) in [5.41, 5.74) is 3.42. The number of hydrogen-bond acceptors (Lipinski definition) is 12. The summed E-state index contributed by atoms with van der Waals surface area (Å²) in [4.78, 5) is 80.4. The zero-order valence-electron chi connectivity index (χ0n) is 36.4. The van der Waals surface area contributed by atoms with Crippen molar-refractivity contribution in [3.05, 3.63) is 0 Å². The van der Waals surface area contributed by atoms with Crippen LogP contribution in [0.2, 0.25) is 0 Å². The Balaban J connectivity index is 2.89. The number of carbonyl (C=O) groups is 6. The zero-order valence-corrected chi connectivity index (χ0v) is 36.4. The number of nitrogens with zero attached hydrogens (tertiary/aromatic N) is 1. The Morgan fingerprint density at radius 3 is 1.40 bits per heavy atom. The Bertz CT molecular complexity index is 1320. The molecule has 1 saturated carbocycles. The first-order valence-electron chi connectivity index (χ1n) is 20.0. The summed E-state index contributed by atoms with van der Waals surface area (Å²) in [5.74, 6) is -0.934. The monoisotopic (exact) mass is 813 g/mol. The molecule has 0 aromatic heterocycles. The van der Waals surface area contributed by atoms with E-state index in [9.17, 15) is 28.8 Å². The smallest absolute Gasteiger partial charge is 0.414 e. The zero-order chi connectivity index (χ0) is 43.6. The van der Waals surface area contributed by atoms with Crippen LogP contribution in [0.4, 0.5) is 19.2 Å². The van der Waals surface area contributed by atoms with Gasteiger partial charge in [0, 0.05) is 19.1 Å². The third kappa shape index (κ3) is 26.2. The summed E-state index contributed by atoms with van der Waals surface area (Å²) in [7, 11) is 0. The molecule has 0 aromatic carbocycles. The number of carbonyl (C=O) groups excluding carboxylic acids is 6. The molecule has 0 bridgehead atoms. The molecule has 0 radical (unpaired) electrons. The third-order valence-corrected chi connectivity index (χ3v) is 7.76. The van der Waals surface area contributed by atoms with E-state index in [1.165, 1.54) is 0 Å². The third-order valence-electron chi connectivity index (χ3n) is 7.76. The fourth-order valence-electron chi connectivity index (χ4n) is 5.38. The number of aliphatic imine (C=N–C) groups is 1. The molecule has 6 amide bonds. The molecular formula is C39H72N8O10. The predicted molar refractivity (Wildman–Crippen MR) is 216 cm³/mol. The molecule has 0 unspecified atom stereocenters. The Morgan fingerprint density at radius 1 is 0.579 bits per heavy atom. The molecule has 1 aliphatic rings. The van der Waals surface area contributed by atoms with Crippen LogP contribution < -0.4 is 37.6 Å². The lowest BCUT2D eigenvalue weighted by molar-refractivity contribution is -0.130. The minimum absolute atomic E-state index is 0.106. The van der Waals surface area contributed by atoms with Gasteiger partial charge in [0.05, 0.1) is 12.1 Å². The first-order valence-corrected chi connectivity index (χ1v) is 20.0. The van der Waals surface area contributed by atoms with Crippen molar-refractivity contribution in [2.75, 3.05) is 13.1 Å². The fraction of sp³-hybridized carbons (Fsp3) is 0.821. The van der Waals surface area contributed by atoms with Crippen LogP contribution in [-0.2, 0) is 28.5 Å². The topological polar surface area (TPSA) is 250 Å². The van der Waals surface area contributed by atoms with Crippen molar-refractivity contribution in [1.29, 1.82) is 0 Å². The highest BCUT2D eigenvalue weighted by molar-refractivity contribution is 6.01. The first kappa shape index (κ1) is 50.7. The maximum absolute atomic E-state index is 13.6. The molecule has 1 rings (SSSR count). The molecule has 18 nitrogen and oxygen atoms in total. The van der Waals surface area contributed by atoms with E-state index in [4.69, 9.17) is 24.7 Å². The molecule has 57 heavy (non-hydrogen) atoms. The van der Waals surface area contributed by atoms with E-state index >= 15 is 0 Å². The van der Waals surface area contributed by atoms with Crippen LogP contribution in [0.1, 0.15) is 147 Å². The SMILES string of the molecule is CC(C)(C)OC(=O)NCCCC[C@H](NC(=O)[C@@H](N)CCCCNC(=O)OC(C)(C)C)C(=O)NC1CCC(N=C(NC(=O)OC(C)(C)C)NC(=O)OC(C)(C)C)CC1. The summed E-state index contributed by atoms with van der Waals surface area (Å²) < 4.78 is 21.2. The van der Waals surface area contributed by atoms with Gasteiger partial charge in [-0.2, -0.15) is 0 Å². The second-order valence-electron chi connectivity index (χ2n) is 18.3. The van der Waals surface area contributed by atoms with E-state index in [0.29, 0.717) is 77.3 Å². The van der Waals surface area contributed by atoms with Crippen molar-refractivity contribution in [3.8, 4) is 0 Å². The quantitative estimate of drug-likeness (QED) is 0.0500.